The lowest BCUT2D eigenvalue weighted by atomic mass is 9.96. The molecule has 0 saturated carbocycles. The quantitative estimate of drug-likeness (QED) is 0.781. The summed E-state index contributed by atoms with van der Waals surface area (Å²) in [6, 6.07) is 3.93. The van der Waals surface area contributed by atoms with E-state index < -0.39 is 0 Å². The minimum absolute atomic E-state index is 0.215. The molecule has 0 saturated heterocycles. The molecular weight excluding hydrogens is 214 g/mol. The number of hydrogen-bond donors (Lipinski definition) is 0. The van der Waals surface area contributed by atoms with E-state index in [2.05, 4.69) is 4.98 Å². The minimum atomic E-state index is 0.215. The maximum atomic E-state index is 11.9. The number of Topliss-reactive ketones (excluding diaryl/α,β-unsaturated/α-hetero) is 1. The lowest BCUT2D eigenvalue weighted by Gasteiger charge is -2.14. The van der Waals surface area contributed by atoms with Crippen LogP contribution in [0.5, 0.6) is 0 Å². The highest BCUT2D eigenvalue weighted by Gasteiger charge is 2.16. The van der Waals surface area contributed by atoms with Gasteiger partial charge in [0.05, 0.1) is 7.11 Å². The Morgan fingerprint density at radius 2 is 2.18 bits per heavy atom. The van der Waals surface area contributed by atoms with Crippen LogP contribution in [0.15, 0.2) is 12.1 Å². The highest BCUT2D eigenvalue weighted by molar-refractivity contribution is 6.14. The molecule has 3 nitrogen and oxygen atoms in total. The fraction of sp³-hybridized carbons (Fsp3) is 0.429. The summed E-state index contributed by atoms with van der Waals surface area (Å²) >= 11 is 0. The van der Waals surface area contributed by atoms with Crippen molar-refractivity contribution in [3.8, 4) is 0 Å². The van der Waals surface area contributed by atoms with Crippen LogP contribution in [0.1, 0.15) is 31.9 Å². The van der Waals surface area contributed by atoms with Gasteiger partial charge in [0.25, 0.3) is 0 Å². The van der Waals surface area contributed by atoms with Crippen LogP contribution in [0, 0.1) is 6.92 Å². The molecule has 2 rings (SSSR count). The molecule has 0 aromatic carbocycles. The van der Waals surface area contributed by atoms with Crippen LogP contribution in [0.3, 0.4) is 0 Å². The maximum absolute atomic E-state index is 11.9. The normalized spacial score (nSPS) is 14.5. The Labute approximate surface area is 101 Å². The number of pyridine rings is 1. The molecule has 1 aliphatic carbocycles. The summed E-state index contributed by atoms with van der Waals surface area (Å²) < 4.78 is 5.36. The van der Waals surface area contributed by atoms with Gasteiger partial charge in [-0.3, -0.25) is 4.79 Å². The van der Waals surface area contributed by atoms with Crippen molar-refractivity contribution in [1.29, 1.82) is 0 Å². The molecule has 1 aliphatic rings. The molecule has 1 aromatic heterocycles. The van der Waals surface area contributed by atoms with Gasteiger partial charge in [-0.15, -0.1) is 0 Å². The molecule has 90 valence electrons. The van der Waals surface area contributed by atoms with E-state index in [1.807, 2.05) is 26.0 Å². The van der Waals surface area contributed by atoms with Crippen molar-refractivity contribution in [2.24, 2.45) is 0 Å². The predicted molar refractivity (Wildman–Crippen MR) is 66.6 cm³/mol. The van der Waals surface area contributed by atoms with Crippen LogP contribution >= 0.6 is 0 Å². The van der Waals surface area contributed by atoms with E-state index in [-0.39, 0.29) is 5.78 Å². The topological polar surface area (TPSA) is 39.2 Å². The largest absolute Gasteiger partial charge is 0.499 e. The number of carbonyl (C=O) groups excluding carboxylic acids is 1. The van der Waals surface area contributed by atoms with Crippen LogP contribution in [-0.4, -0.2) is 17.9 Å². The first-order chi connectivity index (χ1) is 8.17. The van der Waals surface area contributed by atoms with Crippen molar-refractivity contribution in [2.75, 3.05) is 7.11 Å². The Bertz CT molecular complexity index is 572. The van der Waals surface area contributed by atoms with Gasteiger partial charge < -0.3 is 4.74 Å². The third-order valence-corrected chi connectivity index (χ3v) is 3.13. The molecule has 1 aromatic rings. The first-order valence-electron chi connectivity index (χ1n) is 5.94. The fourth-order valence-electron chi connectivity index (χ4n) is 2.21. The number of aryl methyl sites for hydroxylation is 1. The Morgan fingerprint density at radius 3 is 2.82 bits per heavy atom. The van der Waals surface area contributed by atoms with E-state index in [4.69, 9.17) is 4.74 Å². The smallest absolute Gasteiger partial charge is 0.159 e. The summed E-state index contributed by atoms with van der Waals surface area (Å²) in [6.07, 6.45) is 2.07. The minimum Gasteiger partial charge on any atom is -0.499 e. The number of methoxy groups -OCH3 is 1. The standard InChI is InChI=1S/C14H17NO2/c1-4-12(16)10-7-8-13(17-3)14-11(10)6-5-9(2)15-14/h5-6H,4,7-8H2,1-3H3. The number of carbonyl (C=O) groups is 1. The number of fused-ring (bicyclic) bond motifs is 1. The van der Waals surface area contributed by atoms with Gasteiger partial charge in [0.15, 0.2) is 5.78 Å². The number of ether oxygens (including phenoxy) is 1. The molecule has 0 fully saturated rings. The second kappa shape index (κ2) is 4.70. The predicted octanol–water partition coefficient (Wildman–Crippen LogP) is 1.07. The molecule has 0 atom stereocenters. The van der Waals surface area contributed by atoms with Gasteiger partial charge in [0, 0.05) is 29.3 Å². The molecule has 3 heteroatoms. The van der Waals surface area contributed by atoms with Crippen molar-refractivity contribution >= 4 is 17.1 Å². The summed E-state index contributed by atoms with van der Waals surface area (Å²) in [6.45, 7) is 3.84. The first-order valence-corrected chi connectivity index (χ1v) is 5.94. The Hall–Kier alpha value is -1.64. The monoisotopic (exact) mass is 231 g/mol. The van der Waals surface area contributed by atoms with Crippen LogP contribution in [0.2, 0.25) is 0 Å². The van der Waals surface area contributed by atoms with Gasteiger partial charge in [-0.1, -0.05) is 13.0 Å². The second-order valence-corrected chi connectivity index (χ2v) is 4.23. The van der Waals surface area contributed by atoms with Crippen molar-refractivity contribution in [2.45, 2.75) is 33.1 Å². The van der Waals surface area contributed by atoms with Gasteiger partial charge in [-0.05, 0) is 19.4 Å². The first kappa shape index (κ1) is 11.8. The number of aromatic nitrogens is 1. The van der Waals surface area contributed by atoms with Crippen LogP contribution in [0.4, 0.5) is 0 Å². The summed E-state index contributed by atoms with van der Waals surface area (Å²) in [5.74, 6) is 1.10. The molecule has 1 heterocycles. The summed E-state index contributed by atoms with van der Waals surface area (Å²) in [4.78, 5) is 16.4. The third kappa shape index (κ3) is 2.09. The number of nitrogens with zero attached hydrogens (tertiary/aromatic N) is 1. The lowest BCUT2D eigenvalue weighted by Crippen LogP contribution is -2.37. The number of rotatable bonds is 3. The van der Waals surface area contributed by atoms with Gasteiger partial charge >= 0.3 is 0 Å². The zero-order valence-corrected chi connectivity index (χ0v) is 10.5. The molecule has 0 aliphatic heterocycles. The van der Waals surface area contributed by atoms with Crippen molar-refractivity contribution in [3.63, 3.8) is 0 Å². The average Bonchev–Trinajstić information content (AvgIpc) is 2.36. The maximum Gasteiger partial charge on any atom is 0.159 e. The van der Waals surface area contributed by atoms with E-state index in [0.717, 1.165) is 40.4 Å². The molecule has 17 heavy (non-hydrogen) atoms. The molecule has 0 bridgehead atoms. The van der Waals surface area contributed by atoms with Crippen molar-refractivity contribution in [3.05, 3.63) is 28.4 Å². The van der Waals surface area contributed by atoms with Gasteiger partial charge in [-0.2, -0.15) is 0 Å². The van der Waals surface area contributed by atoms with Crippen LogP contribution in [-0.2, 0) is 9.53 Å². The zero-order chi connectivity index (χ0) is 12.4. The highest BCUT2D eigenvalue weighted by Crippen LogP contribution is 2.16. The molecular formula is C14H17NO2. The SMILES string of the molecule is CCC(=O)C1=c2ccc(C)nc2=C(OC)CC1. The number of ketones is 1. The molecule has 0 N–H and O–H groups in total. The van der Waals surface area contributed by atoms with Crippen molar-refractivity contribution < 1.29 is 9.53 Å². The van der Waals surface area contributed by atoms with Crippen LogP contribution < -0.4 is 10.6 Å². The Morgan fingerprint density at radius 1 is 1.41 bits per heavy atom. The second-order valence-electron chi connectivity index (χ2n) is 4.23. The summed E-state index contributed by atoms with van der Waals surface area (Å²) in [7, 11) is 1.66. The van der Waals surface area contributed by atoms with E-state index >= 15 is 0 Å². The van der Waals surface area contributed by atoms with E-state index in [1.165, 1.54) is 0 Å². The molecule has 0 amide bonds. The number of hydrogen-bond acceptors (Lipinski definition) is 3. The average molecular weight is 231 g/mol. The summed E-state index contributed by atoms with van der Waals surface area (Å²) in [5, 5.41) is 1.79. The van der Waals surface area contributed by atoms with Gasteiger partial charge in [0.2, 0.25) is 0 Å². The zero-order valence-electron chi connectivity index (χ0n) is 10.5. The third-order valence-electron chi connectivity index (χ3n) is 3.13. The van der Waals surface area contributed by atoms with E-state index in [0.29, 0.717) is 6.42 Å². The van der Waals surface area contributed by atoms with Crippen molar-refractivity contribution in [1.82, 2.24) is 4.98 Å². The van der Waals surface area contributed by atoms with Gasteiger partial charge in [0.1, 0.15) is 11.1 Å². The highest BCUT2D eigenvalue weighted by atomic mass is 16.5. The van der Waals surface area contributed by atoms with Gasteiger partial charge in [-0.25, -0.2) is 4.98 Å². The van der Waals surface area contributed by atoms with E-state index in [1.54, 1.807) is 7.11 Å². The molecule has 0 spiro atoms. The molecule has 0 unspecified atom stereocenters. The van der Waals surface area contributed by atoms with E-state index in [9.17, 15) is 4.79 Å². The fourth-order valence-corrected chi connectivity index (χ4v) is 2.21. The Balaban J connectivity index is 2.81. The molecule has 0 radical (unpaired) electrons. The Kier molecular flexibility index (Phi) is 3.27. The van der Waals surface area contributed by atoms with Crippen LogP contribution in [0.25, 0.3) is 11.3 Å². The lowest BCUT2D eigenvalue weighted by molar-refractivity contribution is -0.113. The summed E-state index contributed by atoms with van der Waals surface area (Å²) in [5.41, 5.74) is 1.85.